The molecule has 1 aromatic rings. The molecule has 0 spiro atoms. The maximum atomic E-state index is 12.5. The topological polar surface area (TPSA) is 74.3 Å². The van der Waals surface area contributed by atoms with Crippen LogP contribution in [0, 0.1) is 0 Å². The van der Waals surface area contributed by atoms with E-state index < -0.39 is 0 Å². The Bertz CT molecular complexity index is 601. The van der Waals surface area contributed by atoms with Gasteiger partial charge in [-0.2, -0.15) is 0 Å². The first-order valence-electron chi connectivity index (χ1n) is 9.89. The van der Waals surface area contributed by atoms with Crippen molar-refractivity contribution in [3.05, 3.63) is 30.1 Å². The number of hydrogen-bond acceptors (Lipinski definition) is 4. The maximum Gasteiger partial charge on any atom is 0.237 e. The molecule has 3 rings (SSSR count). The molecule has 2 heterocycles. The van der Waals surface area contributed by atoms with Gasteiger partial charge in [0.15, 0.2) is 0 Å². The van der Waals surface area contributed by atoms with Gasteiger partial charge >= 0.3 is 0 Å². The molecule has 2 atom stereocenters. The van der Waals surface area contributed by atoms with E-state index in [0.29, 0.717) is 25.4 Å². The molecule has 2 fully saturated rings. The van der Waals surface area contributed by atoms with Crippen molar-refractivity contribution in [2.24, 2.45) is 0 Å². The molecule has 2 unspecified atom stereocenters. The van der Waals surface area contributed by atoms with Gasteiger partial charge < -0.3 is 10.6 Å². The summed E-state index contributed by atoms with van der Waals surface area (Å²) < 4.78 is 0. The van der Waals surface area contributed by atoms with Crippen LogP contribution in [-0.4, -0.2) is 52.9 Å². The molecule has 1 aromatic heterocycles. The van der Waals surface area contributed by atoms with Crippen LogP contribution in [0.5, 0.6) is 0 Å². The molecule has 2 amide bonds. The predicted molar refractivity (Wildman–Crippen MR) is 101 cm³/mol. The van der Waals surface area contributed by atoms with Crippen molar-refractivity contribution < 1.29 is 9.59 Å². The number of carbonyl (C=O) groups is 2. The molecule has 142 valence electrons. The Labute approximate surface area is 155 Å². The molecule has 0 radical (unpaired) electrons. The normalized spacial score (nSPS) is 24.3. The number of amides is 2. The van der Waals surface area contributed by atoms with Crippen molar-refractivity contribution in [1.29, 1.82) is 0 Å². The van der Waals surface area contributed by atoms with Gasteiger partial charge in [-0.25, -0.2) is 0 Å². The molecule has 1 aliphatic heterocycles. The van der Waals surface area contributed by atoms with E-state index in [1.54, 1.807) is 12.4 Å². The Morgan fingerprint density at radius 1 is 1.19 bits per heavy atom. The van der Waals surface area contributed by atoms with Gasteiger partial charge in [0.05, 0.1) is 12.5 Å². The number of nitrogens with one attached hydrogen (secondary N) is 2. The Morgan fingerprint density at radius 3 is 2.62 bits per heavy atom. The number of pyridine rings is 1. The van der Waals surface area contributed by atoms with E-state index in [1.165, 1.54) is 19.3 Å². The standard InChI is InChI=1S/C20H30N4O2/c1-2-22-20(26)18-13-16(14-24(18)17-6-4-3-5-7-17)23-19(25)12-15-8-10-21-11-9-15/h8-11,16-18H,2-7,12-14H2,1H3,(H,22,26)(H,23,25). The second-order valence-corrected chi connectivity index (χ2v) is 7.43. The Morgan fingerprint density at radius 2 is 1.92 bits per heavy atom. The molecular formula is C20H30N4O2. The molecule has 6 nitrogen and oxygen atoms in total. The van der Waals surface area contributed by atoms with Crippen LogP contribution in [0.4, 0.5) is 0 Å². The van der Waals surface area contributed by atoms with E-state index in [1.807, 2.05) is 19.1 Å². The van der Waals surface area contributed by atoms with Crippen LogP contribution in [0.15, 0.2) is 24.5 Å². The monoisotopic (exact) mass is 358 g/mol. The van der Waals surface area contributed by atoms with E-state index in [0.717, 1.165) is 24.9 Å². The molecule has 2 aliphatic rings. The zero-order valence-electron chi connectivity index (χ0n) is 15.6. The Balaban J connectivity index is 1.61. The van der Waals surface area contributed by atoms with Crippen LogP contribution >= 0.6 is 0 Å². The van der Waals surface area contributed by atoms with Crippen LogP contribution in [0.2, 0.25) is 0 Å². The fourth-order valence-electron chi connectivity index (χ4n) is 4.30. The lowest BCUT2D eigenvalue weighted by molar-refractivity contribution is -0.126. The summed E-state index contributed by atoms with van der Waals surface area (Å²) in [6.45, 7) is 3.37. The fourth-order valence-corrected chi connectivity index (χ4v) is 4.30. The molecular weight excluding hydrogens is 328 g/mol. The van der Waals surface area contributed by atoms with E-state index in [9.17, 15) is 9.59 Å². The number of hydrogen-bond donors (Lipinski definition) is 2. The third-order valence-corrected chi connectivity index (χ3v) is 5.52. The third kappa shape index (κ3) is 4.81. The minimum atomic E-state index is -0.121. The highest BCUT2D eigenvalue weighted by atomic mass is 16.2. The highest BCUT2D eigenvalue weighted by molar-refractivity contribution is 5.83. The predicted octanol–water partition coefficient (Wildman–Crippen LogP) is 1.65. The number of aromatic nitrogens is 1. The number of rotatable bonds is 6. The van der Waals surface area contributed by atoms with Crippen LogP contribution in [0.3, 0.4) is 0 Å². The van der Waals surface area contributed by atoms with Crippen LogP contribution in [-0.2, 0) is 16.0 Å². The minimum absolute atomic E-state index is 0.0151. The smallest absolute Gasteiger partial charge is 0.237 e. The zero-order valence-corrected chi connectivity index (χ0v) is 15.6. The molecule has 0 aromatic carbocycles. The van der Waals surface area contributed by atoms with Crippen molar-refractivity contribution in [2.75, 3.05) is 13.1 Å². The van der Waals surface area contributed by atoms with E-state index >= 15 is 0 Å². The van der Waals surface area contributed by atoms with Gasteiger partial charge in [0.25, 0.3) is 0 Å². The largest absolute Gasteiger partial charge is 0.355 e. The first-order chi connectivity index (χ1) is 12.7. The quantitative estimate of drug-likeness (QED) is 0.811. The summed E-state index contributed by atoms with van der Waals surface area (Å²) in [6.07, 6.45) is 10.6. The molecule has 26 heavy (non-hydrogen) atoms. The van der Waals surface area contributed by atoms with Crippen molar-refractivity contribution in [3.63, 3.8) is 0 Å². The fraction of sp³-hybridized carbons (Fsp3) is 0.650. The summed E-state index contributed by atoms with van der Waals surface area (Å²) in [6, 6.07) is 4.11. The van der Waals surface area contributed by atoms with Gasteiger partial charge in [-0.3, -0.25) is 19.5 Å². The van der Waals surface area contributed by atoms with Gasteiger partial charge in [-0.05, 0) is 43.9 Å². The molecule has 1 aliphatic carbocycles. The van der Waals surface area contributed by atoms with Crippen LogP contribution in [0.1, 0.15) is 51.0 Å². The van der Waals surface area contributed by atoms with E-state index in [2.05, 4.69) is 20.5 Å². The minimum Gasteiger partial charge on any atom is -0.355 e. The number of likely N-dealkylation sites (N-methyl/N-ethyl adjacent to an activating group) is 1. The lowest BCUT2D eigenvalue weighted by Gasteiger charge is -2.34. The average Bonchev–Trinajstić information content (AvgIpc) is 3.07. The van der Waals surface area contributed by atoms with Crippen molar-refractivity contribution in [2.45, 2.75) is 70.0 Å². The molecule has 2 N–H and O–H groups in total. The molecule has 1 saturated carbocycles. The Kier molecular flexibility index (Phi) is 6.61. The number of likely N-dealkylation sites (tertiary alicyclic amines) is 1. The summed E-state index contributed by atoms with van der Waals surface area (Å²) in [5, 5.41) is 6.11. The molecule has 1 saturated heterocycles. The summed E-state index contributed by atoms with van der Waals surface area (Å²) in [5.74, 6) is 0.116. The van der Waals surface area contributed by atoms with Crippen molar-refractivity contribution in [3.8, 4) is 0 Å². The lowest BCUT2D eigenvalue weighted by atomic mass is 9.93. The van der Waals surface area contributed by atoms with E-state index in [-0.39, 0.29) is 23.9 Å². The van der Waals surface area contributed by atoms with Crippen molar-refractivity contribution in [1.82, 2.24) is 20.5 Å². The van der Waals surface area contributed by atoms with Gasteiger partial charge in [0, 0.05) is 37.6 Å². The highest BCUT2D eigenvalue weighted by Crippen LogP contribution is 2.29. The van der Waals surface area contributed by atoms with Crippen LogP contribution in [0.25, 0.3) is 0 Å². The number of carbonyl (C=O) groups excluding carboxylic acids is 2. The SMILES string of the molecule is CCNC(=O)C1CC(NC(=O)Cc2ccncc2)CN1C1CCCCC1. The first-order valence-corrected chi connectivity index (χ1v) is 9.89. The average molecular weight is 358 g/mol. The Hall–Kier alpha value is -1.95. The van der Waals surface area contributed by atoms with Gasteiger partial charge in [-0.15, -0.1) is 0 Å². The van der Waals surface area contributed by atoms with Gasteiger partial charge in [-0.1, -0.05) is 19.3 Å². The summed E-state index contributed by atoms with van der Waals surface area (Å²) in [4.78, 5) is 31.3. The maximum absolute atomic E-state index is 12.5. The van der Waals surface area contributed by atoms with E-state index in [4.69, 9.17) is 0 Å². The summed E-state index contributed by atoms with van der Waals surface area (Å²) >= 11 is 0. The second-order valence-electron chi connectivity index (χ2n) is 7.43. The van der Waals surface area contributed by atoms with Crippen molar-refractivity contribution >= 4 is 11.8 Å². The second kappa shape index (κ2) is 9.12. The van der Waals surface area contributed by atoms with Crippen LogP contribution < -0.4 is 10.6 Å². The summed E-state index contributed by atoms with van der Waals surface area (Å²) in [5.41, 5.74) is 0.958. The number of nitrogens with zero attached hydrogens (tertiary/aromatic N) is 2. The molecule has 6 heteroatoms. The van der Waals surface area contributed by atoms with Gasteiger partial charge in [0.1, 0.15) is 0 Å². The van der Waals surface area contributed by atoms with Gasteiger partial charge in [0.2, 0.25) is 11.8 Å². The first kappa shape index (κ1) is 18.8. The third-order valence-electron chi connectivity index (χ3n) is 5.52. The lowest BCUT2D eigenvalue weighted by Crippen LogP contribution is -2.48. The zero-order chi connectivity index (χ0) is 18.4. The molecule has 0 bridgehead atoms. The summed E-state index contributed by atoms with van der Waals surface area (Å²) in [7, 11) is 0. The highest BCUT2D eigenvalue weighted by Gasteiger charge is 2.40.